The maximum Gasteiger partial charge on any atom is 0.110 e. The van der Waals surface area contributed by atoms with E-state index in [4.69, 9.17) is 5.73 Å². The molecule has 1 saturated carbocycles. The molecule has 0 atom stereocenters. The molecule has 0 bridgehead atoms. The summed E-state index contributed by atoms with van der Waals surface area (Å²) in [5, 5.41) is 14.7. The Morgan fingerprint density at radius 3 is 2.59 bits per heavy atom. The number of aliphatic hydroxyl groups is 1. The zero-order valence-electron chi connectivity index (χ0n) is 9.45. The number of rotatable bonds is 2. The first-order valence-corrected chi connectivity index (χ1v) is 5.77. The summed E-state index contributed by atoms with van der Waals surface area (Å²) >= 11 is 0. The fourth-order valence-electron chi connectivity index (χ4n) is 2.45. The number of hydrogen-bond acceptors (Lipinski definition) is 3. The third kappa shape index (κ3) is 1.66. The predicted octanol–water partition coefficient (Wildman–Crippen LogP) is 1.18. The fraction of sp³-hybridized carbons (Fsp3) is 0.308. The van der Waals surface area contributed by atoms with Crippen LogP contribution in [0.15, 0.2) is 42.6 Å². The maximum atomic E-state index is 10.4. The van der Waals surface area contributed by atoms with Crippen LogP contribution in [0.4, 0.5) is 0 Å². The first-order chi connectivity index (χ1) is 8.19. The minimum absolute atomic E-state index is 0.0964. The number of benzene rings is 1. The summed E-state index contributed by atoms with van der Waals surface area (Å²) in [6.45, 7) is 0. The van der Waals surface area contributed by atoms with Gasteiger partial charge in [-0.25, -0.2) is 4.68 Å². The second-order valence-corrected chi connectivity index (χ2v) is 4.66. The summed E-state index contributed by atoms with van der Waals surface area (Å²) in [5.41, 5.74) is 6.73. The summed E-state index contributed by atoms with van der Waals surface area (Å²) in [7, 11) is 0. The van der Waals surface area contributed by atoms with Crippen molar-refractivity contribution in [1.82, 2.24) is 9.78 Å². The van der Waals surface area contributed by atoms with Crippen molar-refractivity contribution in [3.05, 3.63) is 48.3 Å². The normalized spacial score (nSPS) is 27.8. The van der Waals surface area contributed by atoms with Crippen LogP contribution in [-0.4, -0.2) is 20.9 Å². The van der Waals surface area contributed by atoms with Gasteiger partial charge >= 0.3 is 0 Å². The number of para-hydroxylation sites is 1. The number of aromatic nitrogens is 2. The molecule has 0 saturated heterocycles. The average Bonchev–Trinajstić information content (AvgIpc) is 2.77. The Hall–Kier alpha value is -1.65. The van der Waals surface area contributed by atoms with E-state index in [1.807, 2.05) is 36.4 Å². The van der Waals surface area contributed by atoms with Gasteiger partial charge in [0.2, 0.25) is 0 Å². The fourth-order valence-corrected chi connectivity index (χ4v) is 2.45. The highest BCUT2D eigenvalue weighted by Gasteiger charge is 2.44. The monoisotopic (exact) mass is 229 g/mol. The zero-order chi connectivity index (χ0) is 11.9. The molecule has 1 aromatic heterocycles. The van der Waals surface area contributed by atoms with Gasteiger partial charge in [0.25, 0.3) is 0 Å². The Labute approximate surface area is 99.7 Å². The number of nitrogens with zero attached hydrogens (tertiary/aromatic N) is 2. The van der Waals surface area contributed by atoms with Gasteiger partial charge in [-0.1, -0.05) is 18.2 Å². The molecule has 4 heteroatoms. The molecule has 1 aliphatic carbocycles. The van der Waals surface area contributed by atoms with Crippen molar-refractivity contribution in [3.8, 4) is 5.69 Å². The Bertz CT molecular complexity index is 514. The lowest BCUT2D eigenvalue weighted by molar-refractivity contribution is -0.0577. The van der Waals surface area contributed by atoms with Gasteiger partial charge in [0.15, 0.2) is 0 Å². The van der Waals surface area contributed by atoms with Gasteiger partial charge in [-0.2, -0.15) is 5.10 Å². The Kier molecular flexibility index (Phi) is 2.28. The highest BCUT2D eigenvalue weighted by atomic mass is 16.3. The SMILES string of the molecule is NC1CC(O)(c2ccnn2-c2ccccc2)C1. The highest BCUT2D eigenvalue weighted by molar-refractivity contribution is 5.34. The largest absolute Gasteiger partial charge is 0.383 e. The van der Waals surface area contributed by atoms with E-state index in [1.54, 1.807) is 10.9 Å². The van der Waals surface area contributed by atoms with Gasteiger partial charge < -0.3 is 10.8 Å². The lowest BCUT2D eigenvalue weighted by Crippen LogP contribution is -2.50. The molecule has 0 spiro atoms. The minimum atomic E-state index is -0.814. The maximum absolute atomic E-state index is 10.4. The first kappa shape index (κ1) is 10.5. The van der Waals surface area contributed by atoms with E-state index in [0.717, 1.165) is 11.4 Å². The molecule has 1 fully saturated rings. The predicted molar refractivity (Wildman–Crippen MR) is 64.7 cm³/mol. The average molecular weight is 229 g/mol. The van der Waals surface area contributed by atoms with Gasteiger partial charge in [0.1, 0.15) is 5.60 Å². The van der Waals surface area contributed by atoms with Gasteiger partial charge in [-0.15, -0.1) is 0 Å². The van der Waals surface area contributed by atoms with Crippen molar-refractivity contribution >= 4 is 0 Å². The lowest BCUT2D eigenvalue weighted by atomic mass is 9.74. The van der Waals surface area contributed by atoms with E-state index in [1.165, 1.54) is 0 Å². The molecule has 1 aliphatic rings. The zero-order valence-corrected chi connectivity index (χ0v) is 9.45. The van der Waals surface area contributed by atoms with Crippen molar-refractivity contribution in [1.29, 1.82) is 0 Å². The molecule has 0 aliphatic heterocycles. The Morgan fingerprint density at radius 2 is 1.94 bits per heavy atom. The lowest BCUT2D eigenvalue weighted by Gasteiger charge is -2.41. The molecule has 3 rings (SSSR count). The van der Waals surface area contributed by atoms with Crippen LogP contribution in [0.5, 0.6) is 0 Å². The van der Waals surface area contributed by atoms with Crippen molar-refractivity contribution in [2.24, 2.45) is 5.73 Å². The molecule has 2 aromatic rings. The summed E-state index contributed by atoms with van der Waals surface area (Å²) in [4.78, 5) is 0. The van der Waals surface area contributed by atoms with E-state index in [2.05, 4.69) is 5.10 Å². The van der Waals surface area contributed by atoms with E-state index < -0.39 is 5.60 Å². The minimum Gasteiger partial charge on any atom is -0.383 e. The molecular formula is C13H15N3O. The van der Waals surface area contributed by atoms with Crippen LogP contribution in [0.1, 0.15) is 18.5 Å². The first-order valence-electron chi connectivity index (χ1n) is 5.77. The van der Waals surface area contributed by atoms with Gasteiger partial charge in [0.05, 0.1) is 11.4 Å². The van der Waals surface area contributed by atoms with Crippen LogP contribution in [0.2, 0.25) is 0 Å². The quantitative estimate of drug-likeness (QED) is 0.812. The van der Waals surface area contributed by atoms with Crippen LogP contribution in [0, 0.1) is 0 Å². The third-order valence-corrected chi connectivity index (χ3v) is 3.32. The summed E-state index contributed by atoms with van der Waals surface area (Å²) in [6, 6.07) is 11.8. The third-order valence-electron chi connectivity index (χ3n) is 3.32. The van der Waals surface area contributed by atoms with E-state index >= 15 is 0 Å². The molecule has 0 amide bonds. The van der Waals surface area contributed by atoms with E-state index in [9.17, 15) is 5.11 Å². The van der Waals surface area contributed by atoms with Crippen LogP contribution in [0.25, 0.3) is 5.69 Å². The number of nitrogens with two attached hydrogens (primary N) is 1. The van der Waals surface area contributed by atoms with Crippen LogP contribution < -0.4 is 5.73 Å². The summed E-state index contributed by atoms with van der Waals surface area (Å²) in [5.74, 6) is 0. The molecule has 17 heavy (non-hydrogen) atoms. The second kappa shape index (κ2) is 3.68. The summed E-state index contributed by atoms with van der Waals surface area (Å²) in [6.07, 6.45) is 2.92. The standard InChI is InChI=1S/C13H15N3O/c14-10-8-13(17,9-10)12-6-7-15-16(12)11-4-2-1-3-5-11/h1-7,10,17H,8-9,14H2. The molecular weight excluding hydrogens is 214 g/mol. The highest BCUT2D eigenvalue weighted by Crippen LogP contribution is 2.40. The van der Waals surface area contributed by atoms with E-state index in [-0.39, 0.29) is 6.04 Å². The number of hydrogen-bond donors (Lipinski definition) is 2. The summed E-state index contributed by atoms with van der Waals surface area (Å²) < 4.78 is 1.78. The Balaban J connectivity index is 2.01. The molecule has 0 radical (unpaired) electrons. The van der Waals surface area contributed by atoms with Gasteiger partial charge in [-0.05, 0) is 31.0 Å². The van der Waals surface area contributed by atoms with Crippen molar-refractivity contribution in [3.63, 3.8) is 0 Å². The Morgan fingerprint density at radius 1 is 1.24 bits per heavy atom. The topological polar surface area (TPSA) is 64.1 Å². The smallest absolute Gasteiger partial charge is 0.110 e. The molecule has 1 aromatic carbocycles. The molecule has 3 N–H and O–H groups in total. The molecule has 0 unspecified atom stereocenters. The van der Waals surface area contributed by atoms with Crippen LogP contribution in [-0.2, 0) is 5.60 Å². The van der Waals surface area contributed by atoms with Crippen LogP contribution >= 0.6 is 0 Å². The molecule has 4 nitrogen and oxygen atoms in total. The van der Waals surface area contributed by atoms with Crippen LogP contribution in [0.3, 0.4) is 0 Å². The van der Waals surface area contributed by atoms with Crippen molar-refractivity contribution in [2.75, 3.05) is 0 Å². The molecule has 88 valence electrons. The second-order valence-electron chi connectivity index (χ2n) is 4.66. The van der Waals surface area contributed by atoms with Crippen molar-refractivity contribution in [2.45, 2.75) is 24.5 Å². The molecule has 1 heterocycles. The van der Waals surface area contributed by atoms with Gasteiger partial charge in [0, 0.05) is 12.2 Å². The van der Waals surface area contributed by atoms with Crippen molar-refractivity contribution < 1.29 is 5.11 Å². The van der Waals surface area contributed by atoms with E-state index in [0.29, 0.717) is 12.8 Å². The van der Waals surface area contributed by atoms with Gasteiger partial charge in [-0.3, -0.25) is 0 Å².